The highest BCUT2D eigenvalue weighted by Gasteiger charge is 2.20. The van der Waals surface area contributed by atoms with Gasteiger partial charge in [0.15, 0.2) is 11.5 Å². The number of hydrogen-bond acceptors (Lipinski definition) is 4. The Morgan fingerprint density at radius 3 is 2.28 bits per heavy atom. The molecule has 0 unspecified atom stereocenters. The van der Waals surface area contributed by atoms with Crippen molar-refractivity contribution >= 4 is 17.5 Å². The predicted molar refractivity (Wildman–Crippen MR) is 87.4 cm³/mol. The average Bonchev–Trinajstić information content (AvgIpc) is 2.61. The fraction of sp³-hybridized carbons (Fsp3) is 0.176. The number of para-hydroxylation sites is 1. The van der Waals surface area contributed by atoms with Gasteiger partial charge in [0.25, 0.3) is 11.8 Å². The minimum absolute atomic E-state index is 0.0166. The smallest absolute Gasteiger partial charge is 0.387 e. The first-order valence-corrected chi connectivity index (χ1v) is 7.21. The zero-order valence-electron chi connectivity index (χ0n) is 13.5. The van der Waals surface area contributed by atoms with Crippen LogP contribution in [0, 0.1) is 0 Å². The van der Waals surface area contributed by atoms with Gasteiger partial charge in [-0.2, -0.15) is 8.78 Å². The summed E-state index contributed by atoms with van der Waals surface area (Å²) in [5, 5.41) is 5.03. The van der Waals surface area contributed by atoms with E-state index in [0.717, 1.165) is 0 Å². The van der Waals surface area contributed by atoms with E-state index in [1.54, 1.807) is 0 Å². The second-order valence-corrected chi connectivity index (χ2v) is 4.83. The molecular weight excluding hydrogens is 334 g/mol. The van der Waals surface area contributed by atoms with E-state index >= 15 is 0 Å². The topological polar surface area (TPSA) is 76.7 Å². The molecule has 25 heavy (non-hydrogen) atoms. The van der Waals surface area contributed by atoms with Crippen LogP contribution in [0.3, 0.4) is 0 Å². The van der Waals surface area contributed by atoms with E-state index in [2.05, 4.69) is 15.4 Å². The Morgan fingerprint density at radius 2 is 1.72 bits per heavy atom. The number of carbonyl (C=O) groups excluding carboxylic acids is 2. The molecule has 0 saturated heterocycles. The lowest BCUT2D eigenvalue weighted by Crippen LogP contribution is -2.18. The van der Waals surface area contributed by atoms with Crippen LogP contribution in [0.4, 0.5) is 14.5 Å². The zero-order chi connectivity index (χ0) is 18.4. The van der Waals surface area contributed by atoms with E-state index in [4.69, 9.17) is 4.74 Å². The summed E-state index contributed by atoms with van der Waals surface area (Å²) in [5.41, 5.74) is 0.710. The lowest BCUT2D eigenvalue weighted by atomic mass is 10.1. The molecule has 0 aliphatic heterocycles. The summed E-state index contributed by atoms with van der Waals surface area (Å²) in [7, 11) is 2.79. The normalized spacial score (nSPS) is 10.3. The summed E-state index contributed by atoms with van der Waals surface area (Å²) in [6.07, 6.45) is 0. The molecule has 0 aromatic heterocycles. The van der Waals surface area contributed by atoms with Crippen LogP contribution in [0.15, 0.2) is 42.5 Å². The highest BCUT2D eigenvalue weighted by Crippen LogP contribution is 2.33. The summed E-state index contributed by atoms with van der Waals surface area (Å²) in [5.74, 6) is -1.25. The Labute approximate surface area is 142 Å². The molecule has 2 aromatic rings. The molecule has 6 nitrogen and oxygen atoms in total. The largest absolute Gasteiger partial charge is 0.493 e. The fourth-order valence-electron chi connectivity index (χ4n) is 2.11. The van der Waals surface area contributed by atoms with E-state index in [-0.39, 0.29) is 23.0 Å². The number of methoxy groups -OCH3 is 1. The Morgan fingerprint density at radius 1 is 1.04 bits per heavy atom. The molecule has 0 saturated carbocycles. The van der Waals surface area contributed by atoms with Crippen molar-refractivity contribution in [1.29, 1.82) is 0 Å². The van der Waals surface area contributed by atoms with Crippen molar-refractivity contribution in [1.82, 2.24) is 5.32 Å². The maximum absolute atomic E-state index is 12.6. The number of ether oxygens (including phenoxy) is 2. The first-order valence-electron chi connectivity index (χ1n) is 7.21. The maximum Gasteiger partial charge on any atom is 0.387 e. The molecule has 0 spiro atoms. The van der Waals surface area contributed by atoms with Crippen molar-refractivity contribution in [3.05, 3.63) is 53.6 Å². The third kappa shape index (κ3) is 4.43. The third-order valence-electron chi connectivity index (χ3n) is 3.28. The first kappa shape index (κ1) is 18.2. The van der Waals surface area contributed by atoms with E-state index in [9.17, 15) is 18.4 Å². The van der Waals surface area contributed by atoms with Gasteiger partial charge in [-0.1, -0.05) is 6.07 Å². The number of nitrogens with one attached hydrogen (secondary N) is 2. The molecule has 2 aromatic carbocycles. The van der Waals surface area contributed by atoms with Crippen molar-refractivity contribution in [3.63, 3.8) is 0 Å². The number of halogens is 2. The standard InChI is InChI=1S/C17H16F2N2O4/c1-20-15(22)10-6-8-11(9-7-10)21-16(23)12-4-3-5-13(24-2)14(12)25-17(18)19/h3-9,17H,1-2H3,(H,20,22)(H,21,23). The van der Waals surface area contributed by atoms with Crippen molar-refractivity contribution in [2.45, 2.75) is 6.61 Å². The predicted octanol–water partition coefficient (Wildman–Crippen LogP) is 2.91. The van der Waals surface area contributed by atoms with Crippen molar-refractivity contribution in [2.75, 3.05) is 19.5 Å². The number of alkyl halides is 2. The zero-order valence-corrected chi connectivity index (χ0v) is 13.5. The molecular formula is C17H16F2N2O4. The Kier molecular flexibility index (Phi) is 5.89. The molecule has 0 aliphatic carbocycles. The molecule has 2 rings (SSSR count). The minimum atomic E-state index is -3.10. The summed E-state index contributed by atoms with van der Waals surface area (Å²) in [4.78, 5) is 23.9. The van der Waals surface area contributed by atoms with Crippen molar-refractivity contribution in [3.8, 4) is 11.5 Å². The number of rotatable bonds is 6. The molecule has 0 bridgehead atoms. The second kappa shape index (κ2) is 8.09. The lowest BCUT2D eigenvalue weighted by Gasteiger charge is -2.14. The summed E-state index contributed by atoms with van der Waals surface area (Å²) in [6.45, 7) is -3.10. The van der Waals surface area contributed by atoms with Crippen LogP contribution >= 0.6 is 0 Å². The maximum atomic E-state index is 12.6. The number of benzene rings is 2. The van der Waals surface area contributed by atoms with E-state index in [1.807, 2.05) is 0 Å². The average molecular weight is 350 g/mol. The molecule has 2 amide bonds. The van der Waals surface area contributed by atoms with Crippen molar-refractivity contribution in [2.24, 2.45) is 0 Å². The number of amides is 2. The number of hydrogen-bond donors (Lipinski definition) is 2. The van der Waals surface area contributed by atoms with E-state index in [1.165, 1.54) is 56.6 Å². The SMILES string of the molecule is CNC(=O)c1ccc(NC(=O)c2cccc(OC)c2OC(F)F)cc1. The van der Waals surface area contributed by atoms with Gasteiger partial charge < -0.3 is 20.1 Å². The van der Waals surface area contributed by atoms with Gasteiger partial charge in [0, 0.05) is 18.3 Å². The first-order chi connectivity index (χ1) is 12.0. The highest BCUT2D eigenvalue weighted by atomic mass is 19.3. The molecule has 0 heterocycles. The quantitative estimate of drug-likeness (QED) is 0.840. The fourth-order valence-corrected chi connectivity index (χ4v) is 2.11. The van der Waals surface area contributed by atoms with E-state index in [0.29, 0.717) is 11.3 Å². The van der Waals surface area contributed by atoms with Gasteiger partial charge in [-0.15, -0.1) is 0 Å². The summed E-state index contributed by atoms with van der Waals surface area (Å²) < 4.78 is 34.6. The highest BCUT2D eigenvalue weighted by molar-refractivity contribution is 6.07. The molecule has 0 aliphatic rings. The van der Waals surface area contributed by atoms with Gasteiger partial charge in [0.2, 0.25) is 0 Å². The van der Waals surface area contributed by atoms with Crippen molar-refractivity contribution < 1.29 is 27.8 Å². The number of carbonyl (C=O) groups is 2. The van der Waals surface area contributed by atoms with E-state index < -0.39 is 12.5 Å². The molecule has 2 N–H and O–H groups in total. The molecule has 0 atom stereocenters. The van der Waals surface area contributed by atoms with Gasteiger partial charge in [0.1, 0.15) is 0 Å². The van der Waals surface area contributed by atoms with Crippen LogP contribution in [0.25, 0.3) is 0 Å². The van der Waals surface area contributed by atoms with Crippen LogP contribution in [0.1, 0.15) is 20.7 Å². The Bertz CT molecular complexity index is 764. The van der Waals surface area contributed by atoms with Crippen LogP contribution in [0.5, 0.6) is 11.5 Å². The lowest BCUT2D eigenvalue weighted by molar-refractivity contribution is -0.0515. The minimum Gasteiger partial charge on any atom is -0.493 e. The summed E-state index contributed by atoms with van der Waals surface area (Å²) >= 11 is 0. The third-order valence-corrected chi connectivity index (χ3v) is 3.28. The monoisotopic (exact) mass is 350 g/mol. The molecule has 0 radical (unpaired) electrons. The van der Waals surface area contributed by atoms with Crippen LogP contribution < -0.4 is 20.1 Å². The molecule has 8 heteroatoms. The Balaban J connectivity index is 2.24. The van der Waals surface area contributed by atoms with Gasteiger partial charge in [0.05, 0.1) is 12.7 Å². The van der Waals surface area contributed by atoms with Crippen LogP contribution in [0.2, 0.25) is 0 Å². The Hall–Kier alpha value is -3.16. The van der Waals surface area contributed by atoms with Gasteiger partial charge in [-0.25, -0.2) is 0 Å². The molecule has 0 fully saturated rings. The number of anilines is 1. The molecule has 132 valence electrons. The van der Waals surface area contributed by atoms with Crippen LogP contribution in [-0.4, -0.2) is 32.6 Å². The van der Waals surface area contributed by atoms with Gasteiger partial charge in [-0.05, 0) is 36.4 Å². The van der Waals surface area contributed by atoms with Gasteiger partial charge in [-0.3, -0.25) is 9.59 Å². The summed E-state index contributed by atoms with van der Waals surface area (Å²) in [6, 6.07) is 10.3. The second-order valence-electron chi connectivity index (χ2n) is 4.83. The van der Waals surface area contributed by atoms with Gasteiger partial charge >= 0.3 is 6.61 Å². The van der Waals surface area contributed by atoms with Crippen LogP contribution in [-0.2, 0) is 0 Å².